The van der Waals surface area contributed by atoms with Gasteiger partial charge in [0, 0.05) is 45.3 Å². The van der Waals surface area contributed by atoms with Crippen molar-refractivity contribution < 1.29 is 9.18 Å². The van der Waals surface area contributed by atoms with Gasteiger partial charge in [-0.05, 0) is 36.6 Å². The van der Waals surface area contributed by atoms with E-state index >= 15 is 0 Å². The van der Waals surface area contributed by atoms with Crippen LogP contribution >= 0.6 is 11.6 Å². The summed E-state index contributed by atoms with van der Waals surface area (Å²) in [5.74, 6) is -0.120. The second-order valence-corrected chi connectivity index (χ2v) is 7.52. The lowest BCUT2D eigenvalue weighted by Crippen LogP contribution is -2.39. The molecule has 1 aromatic heterocycles. The number of aromatic nitrogens is 2. The van der Waals surface area contributed by atoms with Gasteiger partial charge >= 0.3 is 0 Å². The van der Waals surface area contributed by atoms with Crippen LogP contribution in [-0.2, 0) is 17.9 Å². The smallest absolute Gasteiger partial charge is 0.222 e. The summed E-state index contributed by atoms with van der Waals surface area (Å²) in [6.45, 7) is 3.92. The number of rotatable bonds is 5. The molecule has 7 heteroatoms. The number of amides is 1. The molecule has 3 heterocycles. The summed E-state index contributed by atoms with van der Waals surface area (Å²) in [4.78, 5) is 16.1. The van der Waals surface area contributed by atoms with E-state index in [-0.39, 0.29) is 22.8 Å². The van der Waals surface area contributed by atoms with Crippen LogP contribution in [0.1, 0.15) is 36.6 Å². The molecule has 0 unspecified atom stereocenters. The van der Waals surface area contributed by atoms with Crippen molar-refractivity contribution >= 4 is 17.5 Å². The summed E-state index contributed by atoms with van der Waals surface area (Å²) in [5, 5.41) is 4.63. The Hall–Kier alpha value is -1.92. The quantitative estimate of drug-likeness (QED) is 0.804. The van der Waals surface area contributed by atoms with Gasteiger partial charge in [-0.15, -0.1) is 0 Å². The standard InChI is InChI=1S/C19H22ClFN4O/c20-17-4-3-14(10-18(17)21)11-23-12-15-5-7-22-25(15)16(13-23)6-9-24-8-1-2-19(24)26/h3-5,7,10,16H,1-2,6,8-9,11-13H2/t16-/m0/s1. The lowest BCUT2D eigenvalue weighted by molar-refractivity contribution is -0.127. The normalized spacial score (nSPS) is 20.6. The van der Waals surface area contributed by atoms with Gasteiger partial charge in [0.05, 0.1) is 16.8 Å². The zero-order valence-corrected chi connectivity index (χ0v) is 15.3. The third kappa shape index (κ3) is 3.62. The third-order valence-electron chi connectivity index (χ3n) is 5.25. The zero-order chi connectivity index (χ0) is 18.1. The highest BCUT2D eigenvalue weighted by Gasteiger charge is 2.27. The van der Waals surface area contributed by atoms with E-state index in [0.717, 1.165) is 50.3 Å². The lowest BCUT2D eigenvalue weighted by Gasteiger charge is -2.34. The summed E-state index contributed by atoms with van der Waals surface area (Å²) in [5.41, 5.74) is 2.07. The second-order valence-electron chi connectivity index (χ2n) is 7.11. The van der Waals surface area contributed by atoms with Gasteiger partial charge in [-0.1, -0.05) is 17.7 Å². The second kappa shape index (κ2) is 7.37. The van der Waals surface area contributed by atoms with Crippen molar-refractivity contribution in [2.75, 3.05) is 19.6 Å². The zero-order valence-electron chi connectivity index (χ0n) is 14.6. The monoisotopic (exact) mass is 376 g/mol. The average molecular weight is 377 g/mol. The highest BCUT2D eigenvalue weighted by molar-refractivity contribution is 6.30. The number of hydrogen-bond donors (Lipinski definition) is 0. The summed E-state index contributed by atoms with van der Waals surface area (Å²) in [6.07, 6.45) is 4.34. The van der Waals surface area contributed by atoms with Gasteiger partial charge in [0.25, 0.3) is 0 Å². The largest absolute Gasteiger partial charge is 0.343 e. The molecular formula is C19H22ClFN4O. The first-order valence-electron chi connectivity index (χ1n) is 9.06. The molecule has 2 aromatic rings. The van der Waals surface area contributed by atoms with Crippen molar-refractivity contribution in [3.05, 3.63) is 52.6 Å². The summed E-state index contributed by atoms with van der Waals surface area (Å²) < 4.78 is 15.8. The van der Waals surface area contributed by atoms with Crippen molar-refractivity contribution in [2.45, 2.75) is 38.4 Å². The minimum atomic E-state index is -0.379. The molecule has 4 rings (SSSR count). The van der Waals surface area contributed by atoms with Gasteiger partial charge in [-0.25, -0.2) is 4.39 Å². The molecule has 0 aliphatic carbocycles. The maximum absolute atomic E-state index is 13.7. The van der Waals surface area contributed by atoms with Crippen LogP contribution in [-0.4, -0.2) is 45.1 Å². The SMILES string of the molecule is O=C1CCCN1CC[C@H]1CN(Cc2ccc(Cl)c(F)c2)Cc2ccnn21. The average Bonchev–Trinajstić information content (AvgIpc) is 3.25. The molecule has 2 aliphatic heterocycles. The van der Waals surface area contributed by atoms with E-state index in [9.17, 15) is 9.18 Å². The van der Waals surface area contributed by atoms with Gasteiger partial charge in [0.2, 0.25) is 5.91 Å². The van der Waals surface area contributed by atoms with E-state index < -0.39 is 0 Å². The van der Waals surface area contributed by atoms with Crippen molar-refractivity contribution in [2.24, 2.45) is 0 Å². The first kappa shape index (κ1) is 17.5. The van der Waals surface area contributed by atoms with Crippen molar-refractivity contribution in [3.8, 4) is 0 Å². The molecule has 1 fully saturated rings. The molecular weight excluding hydrogens is 355 g/mol. The Balaban J connectivity index is 1.45. The molecule has 0 radical (unpaired) electrons. The van der Waals surface area contributed by atoms with E-state index in [1.807, 2.05) is 23.2 Å². The van der Waals surface area contributed by atoms with Gasteiger partial charge in [0.15, 0.2) is 0 Å². The first-order valence-corrected chi connectivity index (χ1v) is 9.44. The molecule has 0 saturated carbocycles. The fraction of sp³-hybridized carbons (Fsp3) is 0.474. The van der Waals surface area contributed by atoms with Gasteiger partial charge < -0.3 is 4.90 Å². The van der Waals surface area contributed by atoms with Gasteiger partial charge in [-0.2, -0.15) is 5.10 Å². The van der Waals surface area contributed by atoms with Crippen LogP contribution < -0.4 is 0 Å². The number of carbonyl (C=O) groups excluding carboxylic acids is 1. The first-order chi connectivity index (χ1) is 12.6. The van der Waals surface area contributed by atoms with Crippen LogP contribution in [0.15, 0.2) is 30.5 Å². The maximum Gasteiger partial charge on any atom is 0.222 e. The molecule has 1 aromatic carbocycles. The Morgan fingerprint density at radius 3 is 2.96 bits per heavy atom. The van der Waals surface area contributed by atoms with Crippen LogP contribution in [0.5, 0.6) is 0 Å². The fourth-order valence-corrected chi connectivity index (χ4v) is 4.06. The van der Waals surface area contributed by atoms with Crippen LogP contribution in [0, 0.1) is 5.82 Å². The minimum absolute atomic E-state index is 0.152. The number of likely N-dealkylation sites (tertiary alicyclic amines) is 1. The number of carbonyl (C=O) groups is 1. The Bertz CT molecular complexity index is 809. The maximum atomic E-state index is 13.7. The number of halogens is 2. The van der Waals surface area contributed by atoms with Crippen molar-refractivity contribution in [1.29, 1.82) is 0 Å². The van der Waals surface area contributed by atoms with Crippen LogP contribution in [0.2, 0.25) is 5.02 Å². The Kier molecular flexibility index (Phi) is 4.96. The number of benzene rings is 1. The molecule has 26 heavy (non-hydrogen) atoms. The molecule has 2 aliphatic rings. The van der Waals surface area contributed by atoms with Crippen LogP contribution in [0.3, 0.4) is 0 Å². The topological polar surface area (TPSA) is 41.4 Å². The number of nitrogens with zero attached hydrogens (tertiary/aromatic N) is 4. The van der Waals surface area contributed by atoms with Crippen LogP contribution in [0.4, 0.5) is 4.39 Å². The highest BCUT2D eigenvalue weighted by Crippen LogP contribution is 2.26. The van der Waals surface area contributed by atoms with E-state index in [1.165, 1.54) is 6.07 Å². The van der Waals surface area contributed by atoms with Gasteiger partial charge in [-0.3, -0.25) is 14.4 Å². The van der Waals surface area contributed by atoms with Crippen LogP contribution in [0.25, 0.3) is 0 Å². The molecule has 0 spiro atoms. The fourth-order valence-electron chi connectivity index (χ4n) is 3.94. The molecule has 0 bridgehead atoms. The van der Waals surface area contributed by atoms with Gasteiger partial charge in [0.1, 0.15) is 5.82 Å². The Morgan fingerprint density at radius 1 is 1.31 bits per heavy atom. The molecule has 138 valence electrons. The third-order valence-corrected chi connectivity index (χ3v) is 5.55. The molecule has 1 saturated heterocycles. The Morgan fingerprint density at radius 2 is 2.19 bits per heavy atom. The van der Waals surface area contributed by atoms with E-state index in [1.54, 1.807) is 6.07 Å². The summed E-state index contributed by atoms with van der Waals surface area (Å²) >= 11 is 5.78. The predicted molar refractivity (Wildman–Crippen MR) is 97.2 cm³/mol. The molecule has 0 N–H and O–H groups in total. The molecule has 5 nitrogen and oxygen atoms in total. The van der Waals surface area contributed by atoms with Crippen molar-refractivity contribution in [3.63, 3.8) is 0 Å². The number of hydrogen-bond acceptors (Lipinski definition) is 3. The summed E-state index contributed by atoms with van der Waals surface area (Å²) in [6, 6.07) is 7.24. The van der Waals surface area contributed by atoms with Crippen molar-refractivity contribution in [1.82, 2.24) is 19.6 Å². The lowest BCUT2D eigenvalue weighted by atomic mass is 10.1. The molecule has 1 amide bonds. The summed E-state index contributed by atoms with van der Waals surface area (Å²) in [7, 11) is 0. The minimum Gasteiger partial charge on any atom is -0.343 e. The highest BCUT2D eigenvalue weighted by atomic mass is 35.5. The van der Waals surface area contributed by atoms with E-state index in [2.05, 4.69) is 14.7 Å². The predicted octanol–water partition coefficient (Wildman–Crippen LogP) is 3.25. The Labute approximate surface area is 157 Å². The van der Waals surface area contributed by atoms with E-state index in [0.29, 0.717) is 13.0 Å². The van der Waals surface area contributed by atoms with E-state index in [4.69, 9.17) is 11.6 Å². The molecule has 1 atom stereocenters. The number of fused-ring (bicyclic) bond motifs is 1.